The van der Waals surface area contributed by atoms with Crippen LogP contribution in [0.25, 0.3) is 10.9 Å². The number of hydrogen-bond acceptors (Lipinski definition) is 3. The zero-order chi connectivity index (χ0) is 14.1. The van der Waals surface area contributed by atoms with Gasteiger partial charge in [-0.2, -0.15) is 5.10 Å². The standard InChI is InChI=1S/C16H24N4.ClH/c1-4-20-16-8-6-5-7-14(16)15(18-20)11-19-9-12(2)17-13(3)10-19;/h5-8,12-13,17H,4,9-11H2,1-3H3;1H. The number of aromatic nitrogens is 2. The molecule has 0 aliphatic carbocycles. The number of nitrogens with zero attached hydrogens (tertiary/aromatic N) is 3. The lowest BCUT2D eigenvalue weighted by atomic mass is 10.1. The molecule has 0 amide bonds. The van der Waals surface area contributed by atoms with Crippen molar-refractivity contribution >= 4 is 23.3 Å². The van der Waals surface area contributed by atoms with E-state index in [4.69, 9.17) is 5.10 Å². The lowest BCUT2D eigenvalue weighted by molar-refractivity contribution is 0.165. The monoisotopic (exact) mass is 308 g/mol. The molecule has 2 heterocycles. The van der Waals surface area contributed by atoms with Crippen molar-refractivity contribution in [2.45, 2.75) is 45.9 Å². The minimum atomic E-state index is 0. The fourth-order valence-electron chi connectivity index (χ4n) is 3.34. The fraction of sp³-hybridized carbons (Fsp3) is 0.562. The highest BCUT2D eigenvalue weighted by Gasteiger charge is 2.22. The van der Waals surface area contributed by atoms with E-state index in [-0.39, 0.29) is 12.4 Å². The first-order valence-electron chi connectivity index (χ1n) is 7.60. The topological polar surface area (TPSA) is 33.1 Å². The molecule has 1 aliphatic heterocycles. The molecule has 1 aromatic carbocycles. The molecule has 5 heteroatoms. The minimum Gasteiger partial charge on any atom is -0.309 e. The highest BCUT2D eigenvalue weighted by molar-refractivity contribution is 5.85. The lowest BCUT2D eigenvalue weighted by Crippen LogP contribution is -2.53. The van der Waals surface area contributed by atoms with E-state index in [0.29, 0.717) is 12.1 Å². The van der Waals surface area contributed by atoms with Crippen LogP contribution in [-0.4, -0.2) is 39.9 Å². The van der Waals surface area contributed by atoms with Gasteiger partial charge in [0.15, 0.2) is 0 Å². The van der Waals surface area contributed by atoms with Crippen LogP contribution in [0.3, 0.4) is 0 Å². The third-order valence-electron chi connectivity index (χ3n) is 4.04. The van der Waals surface area contributed by atoms with Crippen molar-refractivity contribution < 1.29 is 0 Å². The Bertz CT molecular complexity index is 585. The van der Waals surface area contributed by atoms with Gasteiger partial charge in [-0.25, -0.2) is 0 Å². The number of fused-ring (bicyclic) bond motifs is 1. The second kappa shape index (κ2) is 6.77. The maximum Gasteiger partial charge on any atom is 0.0843 e. The van der Waals surface area contributed by atoms with Gasteiger partial charge in [-0.3, -0.25) is 9.58 Å². The Hall–Kier alpha value is -1.10. The van der Waals surface area contributed by atoms with E-state index in [1.807, 2.05) is 0 Å². The molecule has 0 saturated carbocycles. The molecular formula is C16H25ClN4. The van der Waals surface area contributed by atoms with Crippen LogP contribution in [0.5, 0.6) is 0 Å². The maximum absolute atomic E-state index is 4.81. The molecule has 1 aliphatic rings. The quantitative estimate of drug-likeness (QED) is 0.946. The Kier molecular flexibility index (Phi) is 5.25. The summed E-state index contributed by atoms with van der Waals surface area (Å²) in [5.74, 6) is 0. The van der Waals surface area contributed by atoms with Gasteiger partial charge in [-0.05, 0) is 26.8 Å². The number of halogens is 1. The average molecular weight is 309 g/mol. The lowest BCUT2D eigenvalue weighted by Gasteiger charge is -2.35. The number of benzene rings is 1. The summed E-state index contributed by atoms with van der Waals surface area (Å²) in [6.07, 6.45) is 0. The van der Waals surface area contributed by atoms with Gasteiger partial charge < -0.3 is 5.32 Å². The summed E-state index contributed by atoms with van der Waals surface area (Å²) in [4.78, 5) is 2.51. The molecule has 21 heavy (non-hydrogen) atoms. The summed E-state index contributed by atoms with van der Waals surface area (Å²) >= 11 is 0. The molecule has 1 aromatic heterocycles. The number of piperazine rings is 1. The smallest absolute Gasteiger partial charge is 0.0843 e. The van der Waals surface area contributed by atoms with Crippen molar-refractivity contribution in [3.63, 3.8) is 0 Å². The number of nitrogens with one attached hydrogen (secondary N) is 1. The van der Waals surface area contributed by atoms with E-state index in [1.165, 1.54) is 16.6 Å². The van der Waals surface area contributed by atoms with Crippen LogP contribution >= 0.6 is 12.4 Å². The molecular weight excluding hydrogens is 284 g/mol. The Morgan fingerprint density at radius 3 is 2.52 bits per heavy atom. The van der Waals surface area contributed by atoms with Gasteiger partial charge in [-0.1, -0.05) is 18.2 Å². The normalized spacial score (nSPS) is 23.2. The van der Waals surface area contributed by atoms with Gasteiger partial charge >= 0.3 is 0 Å². The second-order valence-electron chi connectivity index (χ2n) is 5.94. The van der Waals surface area contributed by atoms with E-state index in [0.717, 1.165) is 26.2 Å². The zero-order valence-corrected chi connectivity index (χ0v) is 13.9. The Morgan fingerprint density at radius 2 is 1.86 bits per heavy atom. The predicted molar refractivity (Wildman–Crippen MR) is 90.0 cm³/mol. The molecule has 4 nitrogen and oxygen atoms in total. The minimum absolute atomic E-state index is 0. The van der Waals surface area contributed by atoms with Crippen molar-refractivity contribution in [2.75, 3.05) is 13.1 Å². The fourth-order valence-corrected chi connectivity index (χ4v) is 3.34. The molecule has 1 fully saturated rings. The Labute approximate surface area is 132 Å². The highest BCUT2D eigenvalue weighted by atomic mass is 35.5. The Balaban J connectivity index is 0.00000161. The first-order valence-corrected chi connectivity index (χ1v) is 7.60. The van der Waals surface area contributed by atoms with E-state index in [9.17, 15) is 0 Å². The summed E-state index contributed by atoms with van der Waals surface area (Å²) in [6.45, 7) is 10.7. The first-order chi connectivity index (χ1) is 9.67. The van der Waals surface area contributed by atoms with Gasteiger partial charge in [0, 0.05) is 43.6 Å². The van der Waals surface area contributed by atoms with Crippen LogP contribution in [0.2, 0.25) is 0 Å². The van der Waals surface area contributed by atoms with Gasteiger partial charge in [0.05, 0.1) is 11.2 Å². The van der Waals surface area contributed by atoms with Crippen molar-refractivity contribution in [3.8, 4) is 0 Å². The van der Waals surface area contributed by atoms with Crippen LogP contribution in [0.1, 0.15) is 26.5 Å². The average Bonchev–Trinajstić information content (AvgIpc) is 2.76. The summed E-state index contributed by atoms with van der Waals surface area (Å²) in [7, 11) is 0. The molecule has 0 bridgehead atoms. The number of rotatable bonds is 3. The van der Waals surface area contributed by atoms with Gasteiger partial charge in [-0.15, -0.1) is 12.4 Å². The predicted octanol–water partition coefficient (Wildman–Crippen LogP) is 2.66. The molecule has 2 aromatic rings. The largest absolute Gasteiger partial charge is 0.309 e. The third-order valence-corrected chi connectivity index (χ3v) is 4.04. The zero-order valence-electron chi connectivity index (χ0n) is 13.0. The van der Waals surface area contributed by atoms with E-state index < -0.39 is 0 Å². The molecule has 116 valence electrons. The van der Waals surface area contributed by atoms with Crippen LogP contribution in [0.4, 0.5) is 0 Å². The number of hydrogen-bond donors (Lipinski definition) is 1. The SMILES string of the molecule is CCn1nc(CN2CC(C)NC(C)C2)c2ccccc21.Cl. The maximum atomic E-state index is 4.81. The van der Waals surface area contributed by atoms with Crippen LogP contribution < -0.4 is 5.32 Å². The van der Waals surface area contributed by atoms with Crippen molar-refractivity contribution in [1.29, 1.82) is 0 Å². The van der Waals surface area contributed by atoms with Crippen LogP contribution in [-0.2, 0) is 13.1 Å². The molecule has 2 atom stereocenters. The molecule has 2 unspecified atom stereocenters. The third kappa shape index (κ3) is 3.39. The molecule has 0 spiro atoms. The summed E-state index contributed by atoms with van der Waals surface area (Å²) in [5, 5.41) is 9.69. The number of para-hydroxylation sites is 1. The first kappa shape index (κ1) is 16.3. The summed E-state index contributed by atoms with van der Waals surface area (Å²) < 4.78 is 2.11. The number of aryl methyl sites for hydroxylation is 1. The van der Waals surface area contributed by atoms with Crippen molar-refractivity contribution in [1.82, 2.24) is 20.0 Å². The van der Waals surface area contributed by atoms with Crippen molar-refractivity contribution in [2.24, 2.45) is 0 Å². The van der Waals surface area contributed by atoms with Gasteiger partial charge in [0.2, 0.25) is 0 Å². The van der Waals surface area contributed by atoms with Crippen LogP contribution in [0.15, 0.2) is 24.3 Å². The van der Waals surface area contributed by atoms with Crippen molar-refractivity contribution in [3.05, 3.63) is 30.0 Å². The highest BCUT2D eigenvalue weighted by Crippen LogP contribution is 2.20. The van der Waals surface area contributed by atoms with E-state index >= 15 is 0 Å². The Morgan fingerprint density at radius 1 is 1.19 bits per heavy atom. The molecule has 1 N–H and O–H groups in total. The molecule has 3 rings (SSSR count). The van der Waals surface area contributed by atoms with E-state index in [2.05, 4.69) is 59.9 Å². The van der Waals surface area contributed by atoms with Gasteiger partial charge in [0.1, 0.15) is 0 Å². The second-order valence-corrected chi connectivity index (χ2v) is 5.94. The summed E-state index contributed by atoms with van der Waals surface area (Å²) in [5.41, 5.74) is 2.46. The molecule has 1 saturated heterocycles. The van der Waals surface area contributed by atoms with Crippen LogP contribution in [0, 0.1) is 0 Å². The van der Waals surface area contributed by atoms with E-state index in [1.54, 1.807) is 0 Å². The molecule has 0 radical (unpaired) electrons. The van der Waals surface area contributed by atoms with Gasteiger partial charge in [0.25, 0.3) is 0 Å². The summed E-state index contributed by atoms with van der Waals surface area (Å²) in [6, 6.07) is 9.67.